The van der Waals surface area contributed by atoms with Crippen LogP contribution in [0.15, 0.2) is 36.4 Å². The number of hydrogen-bond donors (Lipinski definition) is 1. The molecule has 0 bridgehead atoms. The van der Waals surface area contributed by atoms with E-state index in [9.17, 15) is 0 Å². The second-order valence-corrected chi connectivity index (χ2v) is 6.71. The number of benzene rings is 2. The molecule has 3 rings (SSSR count). The van der Waals surface area contributed by atoms with Gasteiger partial charge < -0.3 is 5.73 Å². The van der Waals surface area contributed by atoms with Gasteiger partial charge in [0.05, 0.1) is 5.54 Å². The average Bonchev–Trinajstić information content (AvgIpc) is 2.46. The largest absolute Gasteiger partial charge is 0.318 e. The smallest absolute Gasteiger partial charge is 0.0639 e. The van der Waals surface area contributed by atoms with Crippen molar-refractivity contribution < 1.29 is 0 Å². The maximum Gasteiger partial charge on any atom is 0.0639 e. The molecule has 0 spiro atoms. The maximum absolute atomic E-state index is 6.74. The molecule has 0 aliphatic heterocycles. The van der Waals surface area contributed by atoms with E-state index in [0.29, 0.717) is 0 Å². The highest BCUT2D eigenvalue weighted by Gasteiger charge is 2.26. The minimum absolute atomic E-state index is 0.426. The van der Waals surface area contributed by atoms with Crippen LogP contribution in [-0.4, -0.2) is 0 Å². The Kier molecular flexibility index (Phi) is 3.62. The first-order valence-electron chi connectivity index (χ1n) is 7.97. The van der Waals surface area contributed by atoms with Crippen molar-refractivity contribution in [1.82, 2.24) is 0 Å². The molecule has 1 aliphatic rings. The standard InChI is InChI=1S/C20H25N/c1-14-8-11-19(15(2)12-14)20(3,21)18-10-9-16-6-4-5-7-17(16)13-18/h8-13H,4-7,21H2,1-3H3. The second kappa shape index (κ2) is 5.31. The van der Waals surface area contributed by atoms with Gasteiger partial charge in [0, 0.05) is 0 Å². The molecule has 2 aromatic rings. The highest BCUT2D eigenvalue weighted by molar-refractivity contribution is 5.45. The van der Waals surface area contributed by atoms with E-state index in [1.807, 2.05) is 0 Å². The monoisotopic (exact) mass is 279 g/mol. The Morgan fingerprint density at radius 3 is 2.33 bits per heavy atom. The van der Waals surface area contributed by atoms with E-state index in [2.05, 4.69) is 57.2 Å². The summed E-state index contributed by atoms with van der Waals surface area (Å²) in [6.07, 6.45) is 5.05. The number of nitrogens with two attached hydrogens (primary N) is 1. The molecule has 1 nitrogen and oxygen atoms in total. The van der Waals surface area contributed by atoms with Crippen molar-refractivity contribution >= 4 is 0 Å². The Morgan fingerprint density at radius 2 is 1.62 bits per heavy atom. The highest BCUT2D eigenvalue weighted by atomic mass is 14.7. The predicted molar refractivity (Wildman–Crippen MR) is 89.6 cm³/mol. The lowest BCUT2D eigenvalue weighted by atomic mass is 9.80. The summed E-state index contributed by atoms with van der Waals surface area (Å²) in [6.45, 7) is 6.42. The first-order valence-corrected chi connectivity index (χ1v) is 7.97. The fourth-order valence-corrected chi connectivity index (χ4v) is 3.61. The van der Waals surface area contributed by atoms with Crippen molar-refractivity contribution in [3.05, 3.63) is 69.8 Å². The van der Waals surface area contributed by atoms with Crippen LogP contribution in [0.3, 0.4) is 0 Å². The van der Waals surface area contributed by atoms with Gasteiger partial charge in [-0.1, -0.05) is 42.0 Å². The Labute approximate surface area is 128 Å². The summed E-state index contributed by atoms with van der Waals surface area (Å²) in [5.41, 5.74) is 14.4. The van der Waals surface area contributed by atoms with Crippen molar-refractivity contribution in [2.45, 2.75) is 52.0 Å². The molecule has 1 heteroatoms. The van der Waals surface area contributed by atoms with Crippen LogP contribution < -0.4 is 5.73 Å². The van der Waals surface area contributed by atoms with Crippen LogP contribution in [-0.2, 0) is 18.4 Å². The number of fused-ring (bicyclic) bond motifs is 1. The number of hydrogen-bond acceptors (Lipinski definition) is 1. The molecule has 1 aliphatic carbocycles. The Bertz CT molecular complexity index is 668. The zero-order chi connectivity index (χ0) is 15.0. The lowest BCUT2D eigenvalue weighted by Gasteiger charge is -2.29. The van der Waals surface area contributed by atoms with Gasteiger partial charge in [0.1, 0.15) is 0 Å². The van der Waals surface area contributed by atoms with Gasteiger partial charge in [-0.05, 0) is 74.3 Å². The van der Waals surface area contributed by atoms with Gasteiger partial charge in [0.2, 0.25) is 0 Å². The summed E-state index contributed by atoms with van der Waals surface area (Å²) in [5, 5.41) is 0. The van der Waals surface area contributed by atoms with Crippen LogP contribution in [0.2, 0.25) is 0 Å². The van der Waals surface area contributed by atoms with Crippen molar-refractivity contribution in [3.63, 3.8) is 0 Å². The molecular weight excluding hydrogens is 254 g/mol. The van der Waals surface area contributed by atoms with Crippen LogP contribution in [0, 0.1) is 13.8 Å². The van der Waals surface area contributed by atoms with Gasteiger partial charge in [-0.2, -0.15) is 0 Å². The van der Waals surface area contributed by atoms with Gasteiger partial charge in [-0.3, -0.25) is 0 Å². The fraction of sp³-hybridized carbons (Fsp3) is 0.400. The average molecular weight is 279 g/mol. The third kappa shape index (κ3) is 2.63. The molecule has 2 N–H and O–H groups in total. The zero-order valence-corrected chi connectivity index (χ0v) is 13.4. The summed E-state index contributed by atoms with van der Waals surface area (Å²) in [7, 11) is 0. The number of rotatable bonds is 2. The molecule has 0 radical (unpaired) electrons. The number of aryl methyl sites for hydroxylation is 4. The maximum atomic E-state index is 6.74. The minimum Gasteiger partial charge on any atom is -0.318 e. The van der Waals surface area contributed by atoms with Crippen LogP contribution in [0.5, 0.6) is 0 Å². The van der Waals surface area contributed by atoms with Crippen LogP contribution in [0.1, 0.15) is 53.1 Å². The quantitative estimate of drug-likeness (QED) is 0.866. The van der Waals surface area contributed by atoms with E-state index in [1.165, 1.54) is 59.1 Å². The van der Waals surface area contributed by atoms with Gasteiger partial charge in [-0.25, -0.2) is 0 Å². The summed E-state index contributed by atoms with van der Waals surface area (Å²) >= 11 is 0. The summed E-state index contributed by atoms with van der Waals surface area (Å²) in [4.78, 5) is 0. The molecule has 2 aromatic carbocycles. The first kappa shape index (κ1) is 14.3. The van der Waals surface area contributed by atoms with Crippen LogP contribution in [0.4, 0.5) is 0 Å². The van der Waals surface area contributed by atoms with Gasteiger partial charge in [0.15, 0.2) is 0 Å². The van der Waals surface area contributed by atoms with Crippen LogP contribution in [0.25, 0.3) is 0 Å². The van der Waals surface area contributed by atoms with Crippen LogP contribution >= 0.6 is 0 Å². The molecular formula is C20H25N. The van der Waals surface area contributed by atoms with E-state index in [0.717, 1.165) is 0 Å². The molecule has 0 saturated heterocycles. The lowest BCUT2D eigenvalue weighted by Crippen LogP contribution is -2.35. The zero-order valence-electron chi connectivity index (χ0n) is 13.4. The third-order valence-electron chi connectivity index (χ3n) is 4.89. The van der Waals surface area contributed by atoms with E-state index in [1.54, 1.807) is 0 Å². The van der Waals surface area contributed by atoms with Crippen molar-refractivity contribution in [1.29, 1.82) is 0 Å². The molecule has 1 atom stereocenters. The molecule has 0 heterocycles. The lowest BCUT2D eigenvalue weighted by molar-refractivity contribution is 0.594. The second-order valence-electron chi connectivity index (χ2n) is 6.71. The van der Waals surface area contributed by atoms with Crippen molar-refractivity contribution in [2.75, 3.05) is 0 Å². The third-order valence-corrected chi connectivity index (χ3v) is 4.89. The Morgan fingerprint density at radius 1 is 0.905 bits per heavy atom. The minimum atomic E-state index is -0.426. The van der Waals surface area contributed by atoms with Gasteiger partial charge in [-0.15, -0.1) is 0 Å². The summed E-state index contributed by atoms with van der Waals surface area (Å²) in [6, 6.07) is 13.4. The molecule has 0 aromatic heterocycles. The summed E-state index contributed by atoms with van der Waals surface area (Å²) < 4.78 is 0. The molecule has 110 valence electrons. The molecule has 0 fully saturated rings. The molecule has 21 heavy (non-hydrogen) atoms. The predicted octanol–water partition coefficient (Wildman–Crippen LogP) is 4.40. The normalized spacial score (nSPS) is 17.1. The summed E-state index contributed by atoms with van der Waals surface area (Å²) in [5.74, 6) is 0. The van der Waals surface area contributed by atoms with Gasteiger partial charge >= 0.3 is 0 Å². The van der Waals surface area contributed by atoms with E-state index in [-0.39, 0.29) is 0 Å². The highest BCUT2D eigenvalue weighted by Crippen LogP contribution is 2.32. The fourth-order valence-electron chi connectivity index (χ4n) is 3.61. The SMILES string of the molecule is Cc1ccc(C(C)(N)c2ccc3c(c2)CCCC3)c(C)c1. The molecule has 0 amide bonds. The van der Waals surface area contributed by atoms with Crippen molar-refractivity contribution in [2.24, 2.45) is 5.73 Å². The van der Waals surface area contributed by atoms with E-state index < -0.39 is 5.54 Å². The molecule has 0 saturated carbocycles. The Balaban J connectivity index is 2.05. The topological polar surface area (TPSA) is 26.0 Å². The Hall–Kier alpha value is -1.60. The first-order chi connectivity index (χ1) is 9.98. The van der Waals surface area contributed by atoms with E-state index in [4.69, 9.17) is 5.73 Å². The van der Waals surface area contributed by atoms with Crippen molar-refractivity contribution in [3.8, 4) is 0 Å². The van der Waals surface area contributed by atoms with E-state index >= 15 is 0 Å². The van der Waals surface area contributed by atoms with Gasteiger partial charge in [0.25, 0.3) is 0 Å². The molecule has 1 unspecified atom stereocenters.